The van der Waals surface area contributed by atoms with Crippen LogP contribution in [0.3, 0.4) is 0 Å². The van der Waals surface area contributed by atoms with Crippen molar-refractivity contribution in [3.8, 4) is 6.07 Å². The van der Waals surface area contributed by atoms with E-state index in [4.69, 9.17) is 26.5 Å². The number of nitrogens with zero attached hydrogens (tertiary/aromatic N) is 2. The van der Waals surface area contributed by atoms with Gasteiger partial charge in [0.15, 0.2) is 0 Å². The molecule has 1 aliphatic heterocycles. The van der Waals surface area contributed by atoms with E-state index < -0.39 is 0 Å². The Morgan fingerprint density at radius 3 is 2.37 bits per heavy atom. The summed E-state index contributed by atoms with van der Waals surface area (Å²) in [6.45, 7) is 1.39. The zero-order valence-corrected chi connectivity index (χ0v) is 10.9. The Bertz CT molecular complexity index is 482. The van der Waals surface area contributed by atoms with Crippen LogP contribution in [0.15, 0.2) is 18.2 Å². The normalized spacial score (nSPS) is 14.9. The van der Waals surface area contributed by atoms with Crippen LogP contribution in [0.2, 0.25) is 5.02 Å². The van der Waals surface area contributed by atoms with Crippen LogP contribution < -0.4 is 4.90 Å². The maximum absolute atomic E-state index is 13.6. The van der Waals surface area contributed by atoms with Gasteiger partial charge in [0.1, 0.15) is 5.82 Å². The van der Waals surface area contributed by atoms with E-state index in [0.29, 0.717) is 23.8 Å². The minimum atomic E-state index is -0.289. The minimum Gasteiger partial charge on any atom is -0.368 e. The fraction of sp³-hybridized carbons (Fsp3) is 0.385. The van der Waals surface area contributed by atoms with Crippen molar-refractivity contribution in [2.24, 2.45) is 5.92 Å². The smallest absolute Gasteiger partial charge is 0.368 e. The first kappa shape index (κ1) is 15.2. The summed E-state index contributed by atoms with van der Waals surface area (Å²) in [5, 5.41) is 9.23. The van der Waals surface area contributed by atoms with Crippen LogP contribution in [0.25, 0.3) is 0 Å². The van der Waals surface area contributed by atoms with Crippen LogP contribution in [0, 0.1) is 23.1 Å². The first-order valence-corrected chi connectivity index (χ1v) is 6.09. The summed E-state index contributed by atoms with van der Waals surface area (Å²) in [6, 6.07) is 6.96. The molecule has 0 saturated carbocycles. The summed E-state index contributed by atoms with van der Waals surface area (Å²) in [6.07, 6.45) is 1.81. The molecule has 1 aliphatic rings. The lowest BCUT2D eigenvalue weighted by molar-refractivity contribution is -0.191. The molecular formula is C13H12ClFN2O2. The quantitative estimate of drug-likeness (QED) is 0.794. The molecule has 0 spiro atoms. The largest absolute Gasteiger partial charge is 0.373 e. The Labute approximate surface area is 115 Å². The molecule has 100 valence electrons. The number of carbonyl (C=O) groups excluding carboxylic acids is 2. The van der Waals surface area contributed by atoms with Crippen LogP contribution in [0.1, 0.15) is 12.8 Å². The van der Waals surface area contributed by atoms with Gasteiger partial charge in [0.25, 0.3) is 0 Å². The van der Waals surface area contributed by atoms with Crippen LogP contribution in [-0.2, 0) is 9.59 Å². The summed E-state index contributed by atoms with van der Waals surface area (Å²) in [5.41, 5.74) is 0.473. The summed E-state index contributed by atoms with van der Waals surface area (Å²) in [5.74, 6) is -0.190. The molecule has 0 aromatic heterocycles. The van der Waals surface area contributed by atoms with Crippen molar-refractivity contribution in [2.45, 2.75) is 12.8 Å². The number of halogens is 2. The van der Waals surface area contributed by atoms with Crippen molar-refractivity contribution >= 4 is 23.4 Å². The van der Waals surface area contributed by atoms with Crippen molar-refractivity contribution < 1.29 is 14.0 Å². The third kappa shape index (κ3) is 4.06. The second-order valence-corrected chi connectivity index (χ2v) is 4.45. The fourth-order valence-electron chi connectivity index (χ4n) is 2.02. The lowest BCUT2D eigenvalue weighted by Gasteiger charge is -2.31. The molecule has 1 aromatic carbocycles. The van der Waals surface area contributed by atoms with Crippen LogP contribution in [0.5, 0.6) is 0 Å². The zero-order chi connectivity index (χ0) is 14.3. The number of rotatable bonds is 1. The second-order valence-electron chi connectivity index (χ2n) is 4.04. The number of anilines is 1. The van der Waals surface area contributed by atoms with E-state index in [1.165, 1.54) is 6.07 Å². The highest BCUT2D eigenvalue weighted by molar-refractivity contribution is 6.33. The monoisotopic (exact) mass is 282 g/mol. The molecule has 0 bridgehead atoms. The van der Waals surface area contributed by atoms with Gasteiger partial charge in [-0.2, -0.15) is 14.9 Å². The average molecular weight is 283 g/mol. The number of benzene rings is 1. The Kier molecular flexibility index (Phi) is 6.01. The van der Waals surface area contributed by atoms with Gasteiger partial charge in [0.05, 0.1) is 16.8 Å². The Balaban J connectivity index is 0.000000550. The van der Waals surface area contributed by atoms with Crippen LogP contribution in [0.4, 0.5) is 10.1 Å². The van der Waals surface area contributed by atoms with E-state index in [1.807, 2.05) is 4.90 Å². The third-order valence-corrected chi connectivity index (χ3v) is 3.24. The first-order chi connectivity index (χ1) is 9.13. The van der Waals surface area contributed by atoms with E-state index in [2.05, 4.69) is 6.07 Å². The third-order valence-electron chi connectivity index (χ3n) is 2.93. The molecule has 1 saturated heterocycles. The Morgan fingerprint density at radius 2 is 1.89 bits per heavy atom. The van der Waals surface area contributed by atoms with Crippen molar-refractivity contribution in [1.82, 2.24) is 0 Å². The van der Waals surface area contributed by atoms with Gasteiger partial charge in [0.2, 0.25) is 0 Å². The standard InChI is InChI=1S/C12H12ClFN2.CO2/c13-10-2-1-3-11(14)12(10)16-6-4-9(8-15)5-7-16;2-1-3/h1-3,9H,4-7H2;. The lowest BCUT2D eigenvalue weighted by Crippen LogP contribution is -2.34. The van der Waals surface area contributed by atoms with Gasteiger partial charge < -0.3 is 4.90 Å². The van der Waals surface area contributed by atoms with Gasteiger partial charge in [-0.3, -0.25) is 0 Å². The molecule has 1 heterocycles. The van der Waals surface area contributed by atoms with Crippen molar-refractivity contribution in [3.05, 3.63) is 29.0 Å². The second kappa shape index (κ2) is 7.52. The van der Waals surface area contributed by atoms with Gasteiger partial charge in [-0.15, -0.1) is 0 Å². The number of nitriles is 1. The van der Waals surface area contributed by atoms with Crippen molar-refractivity contribution in [3.63, 3.8) is 0 Å². The minimum absolute atomic E-state index is 0.0989. The maximum atomic E-state index is 13.6. The zero-order valence-electron chi connectivity index (χ0n) is 10.1. The molecule has 0 aliphatic carbocycles. The number of hydrogen-bond donors (Lipinski definition) is 0. The van der Waals surface area contributed by atoms with Gasteiger partial charge in [-0.1, -0.05) is 17.7 Å². The molecule has 0 amide bonds. The van der Waals surface area contributed by atoms with Gasteiger partial charge >= 0.3 is 6.15 Å². The molecule has 19 heavy (non-hydrogen) atoms. The Hall–Kier alpha value is -1.89. The highest BCUT2D eigenvalue weighted by Gasteiger charge is 2.22. The summed E-state index contributed by atoms with van der Waals surface area (Å²) < 4.78 is 13.6. The van der Waals surface area contributed by atoms with E-state index in [9.17, 15) is 4.39 Å². The predicted octanol–water partition coefficient (Wildman–Crippen LogP) is 2.64. The fourth-order valence-corrected chi connectivity index (χ4v) is 2.31. The van der Waals surface area contributed by atoms with Crippen LogP contribution in [-0.4, -0.2) is 19.2 Å². The number of hydrogen-bond acceptors (Lipinski definition) is 4. The van der Waals surface area contributed by atoms with Gasteiger partial charge in [-0.05, 0) is 25.0 Å². The highest BCUT2D eigenvalue weighted by Crippen LogP contribution is 2.31. The van der Waals surface area contributed by atoms with Gasteiger partial charge in [-0.25, -0.2) is 4.39 Å². The molecule has 4 nitrogen and oxygen atoms in total. The number of para-hydroxylation sites is 1. The molecule has 2 rings (SSSR count). The molecule has 1 fully saturated rings. The van der Waals surface area contributed by atoms with Gasteiger partial charge in [0, 0.05) is 19.0 Å². The molecule has 6 heteroatoms. The van der Waals surface area contributed by atoms with Crippen molar-refractivity contribution in [1.29, 1.82) is 5.26 Å². The lowest BCUT2D eigenvalue weighted by atomic mass is 9.98. The van der Waals surface area contributed by atoms with E-state index >= 15 is 0 Å². The summed E-state index contributed by atoms with van der Waals surface area (Å²) in [7, 11) is 0. The van der Waals surface area contributed by atoms with Crippen LogP contribution >= 0.6 is 11.6 Å². The maximum Gasteiger partial charge on any atom is 0.373 e. The predicted molar refractivity (Wildman–Crippen MR) is 67.0 cm³/mol. The number of piperidine rings is 1. The summed E-state index contributed by atoms with van der Waals surface area (Å²) >= 11 is 5.99. The molecule has 0 N–H and O–H groups in total. The van der Waals surface area contributed by atoms with Crippen molar-refractivity contribution in [2.75, 3.05) is 18.0 Å². The van der Waals surface area contributed by atoms with E-state index in [-0.39, 0.29) is 17.9 Å². The topological polar surface area (TPSA) is 61.2 Å². The van der Waals surface area contributed by atoms with E-state index in [1.54, 1.807) is 12.1 Å². The molecular weight excluding hydrogens is 271 g/mol. The SMILES string of the molecule is N#CC1CCN(c2c(F)cccc2Cl)CC1.O=C=O. The molecule has 0 radical (unpaired) electrons. The average Bonchev–Trinajstić information content (AvgIpc) is 2.40. The van der Waals surface area contributed by atoms with E-state index in [0.717, 1.165) is 12.8 Å². The first-order valence-electron chi connectivity index (χ1n) is 5.72. The molecule has 0 atom stereocenters. The Morgan fingerprint density at radius 1 is 1.32 bits per heavy atom. The summed E-state index contributed by atoms with van der Waals surface area (Å²) in [4.78, 5) is 18.2. The molecule has 1 aromatic rings. The highest BCUT2D eigenvalue weighted by atomic mass is 35.5. The molecule has 0 unspecified atom stereocenters.